The zero-order valence-electron chi connectivity index (χ0n) is 7.55. The third kappa shape index (κ3) is 2.88. The van der Waals surface area contributed by atoms with Gasteiger partial charge < -0.3 is 9.84 Å². The van der Waals surface area contributed by atoms with Gasteiger partial charge in [-0.1, -0.05) is 17.3 Å². The third-order valence-electron chi connectivity index (χ3n) is 1.40. The van der Waals surface area contributed by atoms with Crippen molar-refractivity contribution in [2.45, 2.75) is 20.4 Å². The van der Waals surface area contributed by atoms with Crippen LogP contribution in [0.2, 0.25) is 0 Å². The van der Waals surface area contributed by atoms with Crippen LogP contribution < -0.4 is 5.32 Å². The molecule has 1 aromatic rings. The van der Waals surface area contributed by atoms with Gasteiger partial charge in [-0.3, -0.25) is 0 Å². The minimum atomic E-state index is 0.716. The highest BCUT2D eigenvalue weighted by Gasteiger charge is 1.98. The van der Waals surface area contributed by atoms with Crippen molar-refractivity contribution in [3.05, 3.63) is 29.7 Å². The highest BCUT2D eigenvalue weighted by Crippen LogP contribution is 2.00. The Hall–Kier alpha value is -1.09. The monoisotopic (exact) mass is 166 g/mol. The molecule has 0 saturated carbocycles. The lowest BCUT2D eigenvalue weighted by molar-refractivity contribution is 0.371. The van der Waals surface area contributed by atoms with Crippen LogP contribution in [0.15, 0.2) is 22.7 Å². The number of aromatic nitrogens is 1. The molecule has 0 bridgehead atoms. The molecule has 0 unspecified atom stereocenters. The first-order valence-electron chi connectivity index (χ1n) is 3.96. The van der Waals surface area contributed by atoms with E-state index in [2.05, 4.69) is 17.1 Å². The van der Waals surface area contributed by atoms with Crippen molar-refractivity contribution in [3.8, 4) is 0 Å². The Kier molecular flexibility index (Phi) is 3.05. The highest BCUT2D eigenvalue weighted by atomic mass is 16.5. The van der Waals surface area contributed by atoms with E-state index in [-0.39, 0.29) is 0 Å². The molecule has 0 aliphatic carbocycles. The molecule has 1 heterocycles. The van der Waals surface area contributed by atoms with E-state index in [9.17, 15) is 0 Å². The van der Waals surface area contributed by atoms with Crippen molar-refractivity contribution >= 4 is 0 Å². The third-order valence-corrected chi connectivity index (χ3v) is 1.40. The van der Waals surface area contributed by atoms with Crippen LogP contribution >= 0.6 is 0 Å². The molecular formula is C9H14N2O. The first-order chi connectivity index (χ1) is 5.68. The maximum Gasteiger partial charge on any atom is 0.150 e. The Bertz CT molecular complexity index is 265. The van der Waals surface area contributed by atoms with Gasteiger partial charge in [0, 0.05) is 12.6 Å². The van der Waals surface area contributed by atoms with Gasteiger partial charge >= 0.3 is 0 Å². The van der Waals surface area contributed by atoms with E-state index in [1.807, 2.05) is 19.9 Å². The number of nitrogens with zero attached hydrogens (tertiary/aromatic N) is 1. The normalized spacial score (nSPS) is 10.2. The lowest BCUT2D eigenvalue weighted by atomic mass is 10.3. The van der Waals surface area contributed by atoms with E-state index in [1.165, 1.54) is 0 Å². The maximum atomic E-state index is 5.00. The lowest BCUT2D eigenvalue weighted by Crippen LogP contribution is -2.14. The zero-order chi connectivity index (χ0) is 8.97. The van der Waals surface area contributed by atoms with Gasteiger partial charge in [0.25, 0.3) is 0 Å². The number of hydrogen-bond donors (Lipinski definition) is 1. The fraction of sp³-hybridized carbons (Fsp3) is 0.444. The van der Waals surface area contributed by atoms with Crippen molar-refractivity contribution in [1.82, 2.24) is 10.5 Å². The van der Waals surface area contributed by atoms with Crippen LogP contribution in [-0.4, -0.2) is 11.7 Å². The molecule has 0 aliphatic heterocycles. The number of rotatable bonds is 4. The molecule has 0 aliphatic rings. The molecule has 66 valence electrons. The quantitative estimate of drug-likeness (QED) is 0.691. The van der Waals surface area contributed by atoms with E-state index in [4.69, 9.17) is 4.52 Å². The molecule has 0 saturated heterocycles. The Morgan fingerprint density at radius 1 is 1.75 bits per heavy atom. The molecule has 0 fully saturated rings. The van der Waals surface area contributed by atoms with E-state index < -0.39 is 0 Å². The number of nitrogens with one attached hydrogen (secondary N) is 1. The van der Waals surface area contributed by atoms with Crippen molar-refractivity contribution in [1.29, 1.82) is 0 Å². The second-order valence-electron chi connectivity index (χ2n) is 3.00. The molecule has 0 atom stereocenters. The van der Waals surface area contributed by atoms with Gasteiger partial charge in [0.2, 0.25) is 0 Å². The summed E-state index contributed by atoms with van der Waals surface area (Å²) in [6.45, 7) is 9.21. The van der Waals surface area contributed by atoms with Gasteiger partial charge in [0.15, 0.2) is 5.76 Å². The molecule has 1 rings (SSSR count). The summed E-state index contributed by atoms with van der Waals surface area (Å²) in [6, 6.07) is 1.92. The second-order valence-corrected chi connectivity index (χ2v) is 3.00. The average molecular weight is 166 g/mol. The lowest BCUT2D eigenvalue weighted by Gasteiger charge is -1.99. The van der Waals surface area contributed by atoms with Crippen LogP contribution in [0.25, 0.3) is 0 Å². The summed E-state index contributed by atoms with van der Waals surface area (Å²) in [5.74, 6) is 0.869. The molecule has 1 aromatic heterocycles. The first kappa shape index (κ1) is 9.00. The molecule has 0 amide bonds. The standard InChI is InChI=1S/C9H14N2O/c1-7(2)5-10-6-9-4-8(3)11-12-9/h4,10H,1,5-6H2,2-3H3. The van der Waals surface area contributed by atoms with Gasteiger partial charge in [-0.2, -0.15) is 0 Å². The maximum absolute atomic E-state index is 5.00. The Morgan fingerprint density at radius 3 is 3.00 bits per heavy atom. The van der Waals surface area contributed by atoms with E-state index in [0.717, 1.165) is 23.6 Å². The average Bonchev–Trinajstić information content (AvgIpc) is 2.35. The molecule has 1 N–H and O–H groups in total. The Labute approximate surface area is 72.4 Å². The van der Waals surface area contributed by atoms with Crippen molar-refractivity contribution in [3.63, 3.8) is 0 Å². The van der Waals surface area contributed by atoms with Crippen LogP contribution in [0.3, 0.4) is 0 Å². The van der Waals surface area contributed by atoms with Crippen LogP contribution in [0, 0.1) is 6.92 Å². The summed E-state index contributed by atoms with van der Waals surface area (Å²) in [6.07, 6.45) is 0. The van der Waals surface area contributed by atoms with Crippen LogP contribution in [0.5, 0.6) is 0 Å². The van der Waals surface area contributed by atoms with E-state index in [1.54, 1.807) is 0 Å². The smallest absolute Gasteiger partial charge is 0.150 e. The van der Waals surface area contributed by atoms with E-state index >= 15 is 0 Å². The second kappa shape index (κ2) is 4.07. The number of hydrogen-bond acceptors (Lipinski definition) is 3. The molecule has 0 aromatic carbocycles. The minimum absolute atomic E-state index is 0.716. The number of aryl methyl sites for hydroxylation is 1. The molecular weight excluding hydrogens is 152 g/mol. The van der Waals surface area contributed by atoms with Crippen molar-refractivity contribution < 1.29 is 4.52 Å². The SMILES string of the molecule is C=C(C)CNCc1cc(C)no1. The summed E-state index contributed by atoms with van der Waals surface area (Å²) in [7, 11) is 0. The summed E-state index contributed by atoms with van der Waals surface area (Å²) in [4.78, 5) is 0. The molecule has 12 heavy (non-hydrogen) atoms. The highest BCUT2D eigenvalue weighted by molar-refractivity contribution is 5.03. The Morgan fingerprint density at radius 2 is 2.50 bits per heavy atom. The summed E-state index contributed by atoms with van der Waals surface area (Å²) >= 11 is 0. The zero-order valence-corrected chi connectivity index (χ0v) is 7.55. The fourth-order valence-electron chi connectivity index (χ4n) is 0.899. The van der Waals surface area contributed by atoms with Gasteiger partial charge in [0.1, 0.15) is 0 Å². The molecule has 0 spiro atoms. The predicted molar refractivity (Wildman–Crippen MR) is 47.8 cm³/mol. The minimum Gasteiger partial charge on any atom is -0.360 e. The Balaban J connectivity index is 2.29. The van der Waals surface area contributed by atoms with Gasteiger partial charge in [-0.15, -0.1) is 0 Å². The summed E-state index contributed by atoms with van der Waals surface area (Å²) in [5.41, 5.74) is 2.04. The topological polar surface area (TPSA) is 38.1 Å². The van der Waals surface area contributed by atoms with Gasteiger partial charge in [-0.25, -0.2) is 0 Å². The van der Waals surface area contributed by atoms with Crippen LogP contribution in [0.4, 0.5) is 0 Å². The largest absolute Gasteiger partial charge is 0.360 e. The molecule has 0 radical (unpaired) electrons. The van der Waals surface area contributed by atoms with Crippen LogP contribution in [-0.2, 0) is 6.54 Å². The predicted octanol–water partition coefficient (Wildman–Crippen LogP) is 1.65. The summed E-state index contributed by atoms with van der Waals surface area (Å²) < 4.78 is 5.00. The molecule has 3 nitrogen and oxygen atoms in total. The van der Waals surface area contributed by atoms with E-state index in [0.29, 0.717) is 6.54 Å². The first-order valence-corrected chi connectivity index (χ1v) is 3.96. The van der Waals surface area contributed by atoms with Crippen LogP contribution in [0.1, 0.15) is 18.4 Å². The van der Waals surface area contributed by atoms with Crippen molar-refractivity contribution in [2.24, 2.45) is 0 Å². The van der Waals surface area contributed by atoms with Gasteiger partial charge in [0.05, 0.1) is 12.2 Å². The fourth-order valence-corrected chi connectivity index (χ4v) is 0.899. The van der Waals surface area contributed by atoms with Gasteiger partial charge in [-0.05, 0) is 13.8 Å². The van der Waals surface area contributed by atoms with Crippen molar-refractivity contribution in [2.75, 3.05) is 6.54 Å². The summed E-state index contributed by atoms with van der Waals surface area (Å²) in [5, 5.41) is 6.96. The molecule has 3 heteroatoms.